The van der Waals surface area contributed by atoms with Crippen molar-refractivity contribution in [3.63, 3.8) is 0 Å². The first kappa shape index (κ1) is 11.7. The maximum Gasteiger partial charge on any atom is 0.314 e. The first-order chi connectivity index (χ1) is 8.27. The van der Waals surface area contributed by atoms with Gasteiger partial charge in [0.15, 0.2) is 6.10 Å². The third-order valence-corrected chi connectivity index (χ3v) is 2.60. The monoisotopic (exact) mass is 230 g/mol. The fourth-order valence-electron chi connectivity index (χ4n) is 1.48. The summed E-state index contributed by atoms with van der Waals surface area (Å²) < 4.78 is 10.2. The highest BCUT2D eigenvalue weighted by Gasteiger charge is 2.37. The van der Waals surface area contributed by atoms with E-state index in [4.69, 9.17) is 9.47 Å². The molecule has 0 amide bonds. The molecule has 0 unspecified atom stereocenters. The zero-order valence-corrected chi connectivity index (χ0v) is 9.68. The van der Waals surface area contributed by atoms with Gasteiger partial charge in [0.2, 0.25) is 0 Å². The zero-order chi connectivity index (χ0) is 12.1. The Morgan fingerprint density at radius 2 is 2.12 bits per heavy atom. The van der Waals surface area contributed by atoms with Gasteiger partial charge in [-0.15, -0.1) is 0 Å². The van der Waals surface area contributed by atoms with Gasteiger partial charge in [-0.1, -0.05) is 42.2 Å². The zero-order valence-electron chi connectivity index (χ0n) is 9.68. The van der Waals surface area contributed by atoms with Crippen molar-refractivity contribution in [2.24, 2.45) is 5.92 Å². The molecule has 1 aliphatic heterocycles. The summed E-state index contributed by atoms with van der Waals surface area (Å²) >= 11 is 0. The lowest BCUT2D eigenvalue weighted by molar-refractivity contribution is -0.175. The van der Waals surface area contributed by atoms with Crippen molar-refractivity contribution in [3.05, 3.63) is 35.9 Å². The quantitative estimate of drug-likeness (QED) is 0.451. The second-order valence-corrected chi connectivity index (χ2v) is 3.95. The Bertz CT molecular complexity index is 442. The van der Waals surface area contributed by atoms with E-state index in [-0.39, 0.29) is 18.0 Å². The molecule has 2 rings (SSSR count). The predicted octanol–water partition coefficient (Wildman–Crippen LogP) is 1.77. The lowest BCUT2D eigenvalue weighted by Crippen LogP contribution is -2.42. The van der Waals surface area contributed by atoms with Gasteiger partial charge in [-0.2, -0.15) is 0 Å². The van der Waals surface area contributed by atoms with Gasteiger partial charge < -0.3 is 9.47 Å². The Kier molecular flexibility index (Phi) is 3.79. The van der Waals surface area contributed by atoms with Crippen LogP contribution in [0.2, 0.25) is 0 Å². The molecule has 0 spiro atoms. The van der Waals surface area contributed by atoms with Gasteiger partial charge in [-0.3, -0.25) is 4.79 Å². The van der Waals surface area contributed by atoms with Crippen molar-refractivity contribution in [2.75, 3.05) is 6.61 Å². The molecule has 1 fully saturated rings. The van der Waals surface area contributed by atoms with Gasteiger partial charge >= 0.3 is 5.97 Å². The molecule has 1 aromatic rings. The molecule has 0 N–H and O–H groups in total. The molecule has 0 saturated carbocycles. The van der Waals surface area contributed by atoms with E-state index in [2.05, 4.69) is 11.8 Å². The van der Waals surface area contributed by atoms with E-state index < -0.39 is 0 Å². The van der Waals surface area contributed by atoms with Crippen LogP contribution in [0.4, 0.5) is 0 Å². The van der Waals surface area contributed by atoms with Gasteiger partial charge in [0.05, 0.1) is 6.61 Å². The van der Waals surface area contributed by atoms with Gasteiger partial charge in [-0.25, -0.2) is 0 Å². The molecule has 1 heterocycles. The van der Waals surface area contributed by atoms with Crippen molar-refractivity contribution in [1.82, 2.24) is 0 Å². The normalized spacial score (nSPS) is 22.1. The number of esters is 1. The Labute approximate surface area is 101 Å². The third kappa shape index (κ3) is 3.08. The summed E-state index contributed by atoms with van der Waals surface area (Å²) in [6.07, 6.45) is -0.247. The van der Waals surface area contributed by atoms with E-state index in [0.717, 1.165) is 5.56 Å². The van der Waals surface area contributed by atoms with E-state index in [1.807, 2.05) is 37.3 Å². The topological polar surface area (TPSA) is 35.5 Å². The molecule has 17 heavy (non-hydrogen) atoms. The van der Waals surface area contributed by atoms with E-state index >= 15 is 0 Å². The highest BCUT2D eigenvalue weighted by Crippen LogP contribution is 2.20. The van der Waals surface area contributed by atoms with Crippen LogP contribution in [0, 0.1) is 17.8 Å². The minimum Gasteiger partial charge on any atom is -0.448 e. The summed E-state index contributed by atoms with van der Waals surface area (Å²) in [5, 5.41) is 0. The van der Waals surface area contributed by atoms with Crippen molar-refractivity contribution in [1.29, 1.82) is 0 Å². The summed E-state index contributed by atoms with van der Waals surface area (Å²) in [6, 6.07) is 9.92. The SMILES string of the molecule is C[C@@H]1C(=O)O[C@H]1C#CCOCc1ccccc1. The van der Waals surface area contributed by atoms with E-state index in [1.54, 1.807) is 0 Å². The fourth-order valence-corrected chi connectivity index (χ4v) is 1.48. The number of hydrogen-bond donors (Lipinski definition) is 0. The van der Waals surface area contributed by atoms with Crippen molar-refractivity contribution in [2.45, 2.75) is 19.6 Å². The van der Waals surface area contributed by atoms with Crippen LogP contribution < -0.4 is 0 Å². The molecule has 0 radical (unpaired) electrons. The number of cyclic esters (lactones) is 1. The Hall–Kier alpha value is -1.79. The predicted molar refractivity (Wildman–Crippen MR) is 62.9 cm³/mol. The lowest BCUT2D eigenvalue weighted by atomic mass is 10.0. The molecular formula is C14H14O3. The largest absolute Gasteiger partial charge is 0.448 e. The molecular weight excluding hydrogens is 216 g/mol. The van der Waals surface area contributed by atoms with E-state index in [9.17, 15) is 4.79 Å². The van der Waals surface area contributed by atoms with Crippen LogP contribution in [0.3, 0.4) is 0 Å². The smallest absolute Gasteiger partial charge is 0.314 e. The summed E-state index contributed by atoms with van der Waals surface area (Å²) in [5.74, 6) is 5.45. The molecule has 1 aromatic carbocycles. The van der Waals surface area contributed by atoms with Crippen LogP contribution in [-0.4, -0.2) is 18.7 Å². The van der Waals surface area contributed by atoms with Crippen LogP contribution in [0.15, 0.2) is 30.3 Å². The highest BCUT2D eigenvalue weighted by atomic mass is 16.6. The maximum atomic E-state index is 10.8. The van der Waals surface area contributed by atoms with Crippen LogP contribution in [0.1, 0.15) is 12.5 Å². The summed E-state index contributed by atoms with van der Waals surface area (Å²) in [4.78, 5) is 10.8. The van der Waals surface area contributed by atoms with E-state index in [0.29, 0.717) is 13.2 Å². The number of hydrogen-bond acceptors (Lipinski definition) is 3. The minimum atomic E-state index is -0.247. The molecule has 3 nitrogen and oxygen atoms in total. The minimum absolute atomic E-state index is 0.100. The van der Waals surface area contributed by atoms with Gasteiger partial charge in [0.1, 0.15) is 12.5 Å². The van der Waals surface area contributed by atoms with Crippen LogP contribution in [-0.2, 0) is 20.9 Å². The molecule has 88 valence electrons. The fraction of sp³-hybridized carbons (Fsp3) is 0.357. The number of ether oxygens (including phenoxy) is 2. The van der Waals surface area contributed by atoms with Gasteiger partial charge in [0, 0.05) is 0 Å². The third-order valence-electron chi connectivity index (χ3n) is 2.60. The molecule has 0 aliphatic carbocycles. The summed E-state index contributed by atoms with van der Waals surface area (Å²) in [6.45, 7) is 2.72. The van der Waals surface area contributed by atoms with Crippen LogP contribution in [0.5, 0.6) is 0 Å². The first-order valence-electron chi connectivity index (χ1n) is 5.58. The molecule has 0 bridgehead atoms. The summed E-state index contributed by atoms with van der Waals surface area (Å²) in [7, 11) is 0. The molecule has 3 heteroatoms. The van der Waals surface area contributed by atoms with Crippen molar-refractivity contribution < 1.29 is 14.3 Å². The molecule has 1 aliphatic rings. The molecule has 1 saturated heterocycles. The second-order valence-electron chi connectivity index (χ2n) is 3.95. The average Bonchev–Trinajstić information content (AvgIpc) is 2.38. The highest BCUT2D eigenvalue weighted by molar-refractivity contribution is 5.79. The van der Waals surface area contributed by atoms with Gasteiger partial charge in [0.25, 0.3) is 0 Å². The molecule has 0 aromatic heterocycles. The number of carbonyl (C=O) groups is 1. The Morgan fingerprint density at radius 3 is 2.76 bits per heavy atom. The number of rotatable bonds is 3. The molecule has 2 atom stereocenters. The Morgan fingerprint density at radius 1 is 1.35 bits per heavy atom. The van der Waals surface area contributed by atoms with Crippen LogP contribution in [0.25, 0.3) is 0 Å². The Balaban J connectivity index is 1.67. The average molecular weight is 230 g/mol. The second kappa shape index (κ2) is 5.51. The van der Waals surface area contributed by atoms with Crippen molar-refractivity contribution in [3.8, 4) is 11.8 Å². The lowest BCUT2D eigenvalue weighted by Gasteiger charge is -2.27. The number of carbonyl (C=O) groups excluding carboxylic acids is 1. The maximum absolute atomic E-state index is 10.8. The standard InChI is InChI=1S/C14H14O3/c1-11-13(17-14(11)15)8-5-9-16-10-12-6-3-2-4-7-12/h2-4,6-7,11,13H,9-10H2,1H3/t11-,13-/m0/s1. The van der Waals surface area contributed by atoms with Crippen molar-refractivity contribution >= 4 is 5.97 Å². The van der Waals surface area contributed by atoms with Crippen LogP contribution >= 0.6 is 0 Å². The van der Waals surface area contributed by atoms with Gasteiger partial charge in [-0.05, 0) is 12.5 Å². The first-order valence-corrected chi connectivity index (χ1v) is 5.58. The summed E-state index contributed by atoms with van der Waals surface area (Å²) in [5.41, 5.74) is 1.12. The van der Waals surface area contributed by atoms with E-state index in [1.165, 1.54) is 0 Å². The number of benzene rings is 1.